The fourth-order valence-corrected chi connectivity index (χ4v) is 2.34. The van der Waals surface area contributed by atoms with Crippen molar-refractivity contribution in [2.45, 2.75) is 13.0 Å². The molecule has 1 aromatic carbocycles. The highest BCUT2D eigenvalue weighted by Gasteiger charge is 2.19. The molecule has 0 aliphatic carbocycles. The molecule has 92 valence electrons. The van der Waals surface area contributed by atoms with Crippen LogP contribution in [0.4, 0.5) is 11.4 Å². The number of carbonyl (C=O) groups excluding carboxylic acids is 1. The average molecular weight is 242 g/mol. The van der Waals surface area contributed by atoms with E-state index in [9.17, 15) is 4.79 Å². The number of benzene rings is 1. The fourth-order valence-electron chi connectivity index (χ4n) is 2.34. The van der Waals surface area contributed by atoms with Crippen LogP contribution >= 0.6 is 0 Å². The van der Waals surface area contributed by atoms with Crippen LogP contribution in [0.5, 0.6) is 0 Å². The minimum atomic E-state index is 0.703. The molecule has 2 N–H and O–H groups in total. The van der Waals surface area contributed by atoms with Crippen LogP contribution < -0.4 is 10.2 Å². The van der Waals surface area contributed by atoms with Gasteiger partial charge >= 0.3 is 0 Å². The molecule has 5 nitrogen and oxygen atoms in total. The summed E-state index contributed by atoms with van der Waals surface area (Å²) in [5.41, 5.74) is 4.36. The van der Waals surface area contributed by atoms with Crippen molar-refractivity contribution in [2.75, 3.05) is 16.8 Å². The number of amides is 1. The molecule has 0 spiro atoms. The summed E-state index contributed by atoms with van der Waals surface area (Å²) in [5, 5.41) is 2.69. The summed E-state index contributed by atoms with van der Waals surface area (Å²) in [7, 11) is 0. The van der Waals surface area contributed by atoms with E-state index in [1.54, 1.807) is 6.33 Å². The van der Waals surface area contributed by atoms with Crippen LogP contribution in [0.2, 0.25) is 0 Å². The van der Waals surface area contributed by atoms with Gasteiger partial charge in [-0.05, 0) is 24.1 Å². The fraction of sp³-hybridized carbons (Fsp3) is 0.231. The molecule has 2 aromatic rings. The topological polar surface area (TPSA) is 61.0 Å². The summed E-state index contributed by atoms with van der Waals surface area (Å²) in [4.78, 5) is 20.0. The predicted octanol–water partition coefficient (Wildman–Crippen LogP) is 1.54. The van der Waals surface area contributed by atoms with Crippen molar-refractivity contribution in [1.29, 1.82) is 0 Å². The molecule has 3 rings (SSSR count). The first-order valence-corrected chi connectivity index (χ1v) is 5.92. The van der Waals surface area contributed by atoms with E-state index in [1.165, 1.54) is 11.3 Å². The maximum Gasteiger partial charge on any atom is 0.211 e. The van der Waals surface area contributed by atoms with E-state index in [4.69, 9.17) is 0 Å². The zero-order valence-electron chi connectivity index (χ0n) is 9.89. The number of rotatable bonds is 4. The lowest BCUT2D eigenvalue weighted by atomic mass is 10.1. The number of fused-ring (bicyclic) bond motifs is 1. The number of hydrogen-bond donors (Lipinski definition) is 2. The molecule has 0 bridgehead atoms. The van der Waals surface area contributed by atoms with Crippen LogP contribution in [0.15, 0.2) is 30.7 Å². The highest BCUT2D eigenvalue weighted by atomic mass is 16.1. The van der Waals surface area contributed by atoms with Gasteiger partial charge < -0.3 is 15.2 Å². The molecule has 0 saturated heterocycles. The number of nitrogens with one attached hydrogen (secondary N) is 2. The summed E-state index contributed by atoms with van der Waals surface area (Å²) < 4.78 is 0. The van der Waals surface area contributed by atoms with Crippen LogP contribution in [0.25, 0.3) is 0 Å². The zero-order chi connectivity index (χ0) is 12.4. The van der Waals surface area contributed by atoms with Crippen LogP contribution in [-0.4, -0.2) is 22.9 Å². The Morgan fingerprint density at radius 1 is 1.50 bits per heavy atom. The largest absolute Gasteiger partial charge is 0.365 e. The van der Waals surface area contributed by atoms with Gasteiger partial charge in [-0.3, -0.25) is 4.79 Å². The van der Waals surface area contributed by atoms with E-state index in [1.807, 2.05) is 18.3 Å². The molecule has 0 saturated carbocycles. The third kappa shape index (κ3) is 1.95. The van der Waals surface area contributed by atoms with Crippen LogP contribution in [0.3, 0.4) is 0 Å². The first kappa shape index (κ1) is 10.8. The van der Waals surface area contributed by atoms with E-state index in [2.05, 4.69) is 26.3 Å². The molecule has 5 heteroatoms. The van der Waals surface area contributed by atoms with Gasteiger partial charge in [-0.1, -0.05) is 6.07 Å². The third-order valence-electron chi connectivity index (χ3n) is 3.21. The van der Waals surface area contributed by atoms with Crippen molar-refractivity contribution < 1.29 is 4.79 Å². The molecule has 0 atom stereocenters. The molecule has 18 heavy (non-hydrogen) atoms. The van der Waals surface area contributed by atoms with Gasteiger partial charge in [0.15, 0.2) is 0 Å². The second-order valence-electron chi connectivity index (χ2n) is 4.34. The average Bonchev–Trinajstić information content (AvgIpc) is 3.01. The number of aromatic amines is 1. The van der Waals surface area contributed by atoms with Crippen molar-refractivity contribution in [3.05, 3.63) is 42.0 Å². The van der Waals surface area contributed by atoms with Crippen molar-refractivity contribution in [2.24, 2.45) is 0 Å². The summed E-state index contributed by atoms with van der Waals surface area (Å²) in [5.74, 6) is 0. The van der Waals surface area contributed by atoms with E-state index in [-0.39, 0.29) is 0 Å². The predicted molar refractivity (Wildman–Crippen MR) is 69.5 cm³/mol. The number of carbonyl (C=O) groups is 1. The zero-order valence-corrected chi connectivity index (χ0v) is 9.89. The molecule has 0 fully saturated rings. The molecule has 1 aliphatic heterocycles. The highest BCUT2D eigenvalue weighted by molar-refractivity contribution is 5.75. The van der Waals surface area contributed by atoms with Crippen molar-refractivity contribution >= 4 is 17.8 Å². The van der Waals surface area contributed by atoms with E-state index >= 15 is 0 Å². The lowest BCUT2D eigenvalue weighted by molar-refractivity contribution is -0.105. The van der Waals surface area contributed by atoms with Crippen LogP contribution in [0.1, 0.15) is 11.3 Å². The molecule has 1 aliphatic rings. The summed E-state index contributed by atoms with van der Waals surface area (Å²) in [6.45, 7) is 1.79. The second kappa shape index (κ2) is 4.52. The Morgan fingerprint density at radius 3 is 3.22 bits per heavy atom. The molecular weight excluding hydrogens is 228 g/mol. The molecule has 0 unspecified atom stereocenters. The van der Waals surface area contributed by atoms with E-state index in [0.29, 0.717) is 6.41 Å². The van der Waals surface area contributed by atoms with Gasteiger partial charge in [-0.25, -0.2) is 4.98 Å². The molecular formula is C13H14N4O. The van der Waals surface area contributed by atoms with Gasteiger partial charge in [0, 0.05) is 24.1 Å². The number of H-pyrrole nitrogens is 1. The van der Waals surface area contributed by atoms with Gasteiger partial charge in [-0.2, -0.15) is 0 Å². The van der Waals surface area contributed by atoms with Gasteiger partial charge in [-0.15, -0.1) is 0 Å². The first-order chi connectivity index (χ1) is 8.86. The minimum absolute atomic E-state index is 0.703. The monoisotopic (exact) mass is 242 g/mol. The minimum Gasteiger partial charge on any atom is -0.365 e. The van der Waals surface area contributed by atoms with Crippen LogP contribution in [0, 0.1) is 0 Å². The van der Waals surface area contributed by atoms with E-state index < -0.39 is 0 Å². The number of imidazole rings is 1. The Hall–Kier alpha value is -2.30. The number of aromatic nitrogens is 2. The van der Waals surface area contributed by atoms with Crippen LogP contribution in [-0.2, 0) is 17.8 Å². The Labute approximate surface area is 105 Å². The Balaban J connectivity index is 1.85. The normalized spacial score (nSPS) is 13.4. The summed E-state index contributed by atoms with van der Waals surface area (Å²) in [6, 6.07) is 6.03. The molecule has 0 radical (unpaired) electrons. The number of anilines is 2. The third-order valence-corrected chi connectivity index (χ3v) is 3.21. The van der Waals surface area contributed by atoms with Gasteiger partial charge in [0.05, 0.1) is 18.6 Å². The SMILES string of the molecule is O=CNc1ccc2c(c1)N(Cc1c[nH]cn1)CC2. The number of nitrogens with zero attached hydrogens (tertiary/aromatic N) is 2. The van der Waals surface area contributed by atoms with Crippen molar-refractivity contribution in [3.8, 4) is 0 Å². The summed E-state index contributed by atoms with van der Waals surface area (Å²) in [6.07, 6.45) is 5.35. The highest BCUT2D eigenvalue weighted by Crippen LogP contribution is 2.31. The Morgan fingerprint density at radius 2 is 2.44 bits per heavy atom. The van der Waals surface area contributed by atoms with Crippen molar-refractivity contribution in [1.82, 2.24) is 9.97 Å². The number of hydrogen-bond acceptors (Lipinski definition) is 3. The molecule has 1 aromatic heterocycles. The lowest BCUT2D eigenvalue weighted by Gasteiger charge is -2.18. The lowest BCUT2D eigenvalue weighted by Crippen LogP contribution is -2.19. The first-order valence-electron chi connectivity index (χ1n) is 5.92. The van der Waals surface area contributed by atoms with Gasteiger partial charge in [0.2, 0.25) is 6.41 Å². The van der Waals surface area contributed by atoms with E-state index in [0.717, 1.165) is 30.9 Å². The van der Waals surface area contributed by atoms with Gasteiger partial charge in [0.1, 0.15) is 0 Å². The Kier molecular flexibility index (Phi) is 2.72. The standard InChI is InChI=1S/C13H14N4O/c18-9-16-11-2-1-10-3-4-17(13(10)5-11)7-12-6-14-8-15-12/h1-2,5-6,8-9H,3-4,7H2,(H,14,15)(H,16,18). The van der Waals surface area contributed by atoms with Crippen molar-refractivity contribution in [3.63, 3.8) is 0 Å². The van der Waals surface area contributed by atoms with Gasteiger partial charge in [0.25, 0.3) is 0 Å². The second-order valence-corrected chi connectivity index (χ2v) is 4.34. The summed E-state index contributed by atoms with van der Waals surface area (Å²) >= 11 is 0. The Bertz CT molecular complexity index is 550. The smallest absolute Gasteiger partial charge is 0.211 e. The maximum atomic E-state index is 10.5. The molecule has 1 amide bonds. The maximum absolute atomic E-state index is 10.5. The molecule has 2 heterocycles. The quantitative estimate of drug-likeness (QED) is 0.799.